The highest BCUT2D eigenvalue weighted by Crippen LogP contribution is 2.36. The number of halogens is 1. The van der Waals surface area contributed by atoms with Crippen LogP contribution in [0.15, 0.2) is 60.7 Å². The third kappa shape index (κ3) is 4.07. The number of carbonyl (C=O) groups is 1. The van der Waals surface area contributed by atoms with Gasteiger partial charge in [0.1, 0.15) is 6.61 Å². The third-order valence-corrected chi connectivity index (χ3v) is 4.39. The van der Waals surface area contributed by atoms with Gasteiger partial charge in [-0.3, -0.25) is 19.7 Å². The minimum atomic E-state index is -0.460. The van der Waals surface area contributed by atoms with Gasteiger partial charge in [-0.05, 0) is 17.4 Å². The molecule has 0 atom stereocenters. The molecular formula is C20H17ClN2O4. The van der Waals surface area contributed by atoms with E-state index in [1.54, 1.807) is 18.2 Å². The summed E-state index contributed by atoms with van der Waals surface area (Å²) in [6.07, 6.45) is 0.861. The van der Waals surface area contributed by atoms with E-state index in [0.29, 0.717) is 34.9 Å². The van der Waals surface area contributed by atoms with Crippen LogP contribution in [0.3, 0.4) is 0 Å². The second-order valence-electron chi connectivity index (χ2n) is 5.83. The number of nitro benzene ring substituents is 1. The largest absolute Gasteiger partial charge is 0.276 e. The number of rotatable bonds is 8. The molecule has 3 aromatic rings. The van der Waals surface area contributed by atoms with E-state index in [2.05, 4.69) is 0 Å². The van der Waals surface area contributed by atoms with Gasteiger partial charge in [0.05, 0.1) is 10.6 Å². The summed E-state index contributed by atoms with van der Waals surface area (Å²) in [5.74, 6) is 0.256. The molecule has 0 unspecified atom stereocenters. The van der Waals surface area contributed by atoms with Gasteiger partial charge in [-0.15, -0.1) is 11.6 Å². The van der Waals surface area contributed by atoms with Crippen molar-refractivity contribution in [2.45, 2.75) is 13.0 Å². The summed E-state index contributed by atoms with van der Waals surface area (Å²) in [5.41, 5.74) is 1.66. The minimum Gasteiger partial charge on any atom is -0.276 e. The van der Waals surface area contributed by atoms with Crippen LogP contribution in [-0.2, 0) is 22.7 Å². The van der Waals surface area contributed by atoms with Gasteiger partial charge in [-0.25, -0.2) is 0 Å². The van der Waals surface area contributed by atoms with Crippen LogP contribution in [0.4, 0.5) is 11.4 Å². The third-order valence-electron chi connectivity index (χ3n) is 4.20. The average molecular weight is 385 g/mol. The first-order chi connectivity index (χ1) is 13.2. The zero-order chi connectivity index (χ0) is 19.2. The number of benzene rings is 3. The van der Waals surface area contributed by atoms with Gasteiger partial charge in [-0.1, -0.05) is 54.6 Å². The Morgan fingerprint density at radius 2 is 1.74 bits per heavy atom. The van der Waals surface area contributed by atoms with E-state index in [0.717, 1.165) is 10.6 Å². The number of nitro groups is 1. The van der Waals surface area contributed by atoms with Crippen molar-refractivity contribution in [3.63, 3.8) is 0 Å². The van der Waals surface area contributed by atoms with Crippen LogP contribution in [0.25, 0.3) is 10.8 Å². The lowest BCUT2D eigenvalue weighted by atomic mass is 9.99. The van der Waals surface area contributed by atoms with Gasteiger partial charge in [0.2, 0.25) is 6.41 Å². The molecule has 6 nitrogen and oxygen atoms in total. The second kappa shape index (κ2) is 8.62. The number of hydrogen-bond donors (Lipinski definition) is 0. The summed E-state index contributed by atoms with van der Waals surface area (Å²) in [7, 11) is 0. The van der Waals surface area contributed by atoms with E-state index in [1.165, 1.54) is 6.07 Å². The molecule has 3 rings (SSSR count). The van der Waals surface area contributed by atoms with Crippen LogP contribution in [0.2, 0.25) is 0 Å². The van der Waals surface area contributed by atoms with Gasteiger partial charge in [0, 0.05) is 22.9 Å². The van der Waals surface area contributed by atoms with Crippen LogP contribution in [-0.4, -0.2) is 17.2 Å². The number of amides is 1. The number of alkyl halides is 1. The maximum absolute atomic E-state index is 11.7. The number of nitrogens with zero attached hydrogens (tertiary/aromatic N) is 2. The Morgan fingerprint density at radius 1 is 1.07 bits per heavy atom. The number of carbonyl (C=O) groups excluding carboxylic acids is 1. The van der Waals surface area contributed by atoms with Gasteiger partial charge in [0.15, 0.2) is 0 Å². The van der Waals surface area contributed by atoms with E-state index in [4.69, 9.17) is 16.4 Å². The van der Waals surface area contributed by atoms with E-state index in [-0.39, 0.29) is 18.2 Å². The lowest BCUT2D eigenvalue weighted by molar-refractivity contribution is -0.385. The molecule has 1 amide bonds. The maximum atomic E-state index is 11.7. The Balaban J connectivity index is 2.07. The van der Waals surface area contributed by atoms with Crippen LogP contribution in [0, 0.1) is 10.1 Å². The highest BCUT2D eigenvalue weighted by molar-refractivity contribution is 6.18. The lowest BCUT2D eigenvalue weighted by Gasteiger charge is -2.20. The second-order valence-corrected chi connectivity index (χ2v) is 6.20. The molecule has 0 fully saturated rings. The van der Waals surface area contributed by atoms with Crippen LogP contribution in [0.1, 0.15) is 11.1 Å². The lowest BCUT2D eigenvalue weighted by Crippen LogP contribution is -2.22. The highest BCUT2D eigenvalue weighted by atomic mass is 35.5. The Hall–Kier alpha value is -2.96. The van der Waals surface area contributed by atoms with Crippen molar-refractivity contribution in [2.24, 2.45) is 0 Å². The van der Waals surface area contributed by atoms with Crippen molar-refractivity contribution in [1.29, 1.82) is 0 Å². The number of hydrogen-bond acceptors (Lipinski definition) is 4. The molecule has 0 aliphatic rings. The Morgan fingerprint density at radius 3 is 2.37 bits per heavy atom. The van der Waals surface area contributed by atoms with Crippen LogP contribution >= 0.6 is 11.6 Å². The Kier molecular flexibility index (Phi) is 6.01. The molecule has 7 heteroatoms. The standard InChI is InChI=1S/C20H17ClN2O4/c21-11-10-18-16-8-4-5-9-17(16)19(12-20(18)23(25)26)22(14-24)27-13-15-6-2-1-3-7-15/h1-9,12,14H,10-11,13H2. The predicted octanol–water partition coefficient (Wildman–Crippen LogP) is 4.62. The summed E-state index contributed by atoms with van der Waals surface area (Å²) >= 11 is 5.85. The zero-order valence-corrected chi connectivity index (χ0v) is 15.1. The number of hydroxylamine groups is 1. The zero-order valence-electron chi connectivity index (χ0n) is 14.4. The van der Waals surface area contributed by atoms with Crippen molar-refractivity contribution in [2.75, 3.05) is 10.9 Å². The predicted molar refractivity (Wildman–Crippen MR) is 105 cm³/mol. The molecule has 0 aromatic heterocycles. The summed E-state index contributed by atoms with van der Waals surface area (Å²) in [6, 6.07) is 17.9. The number of fused-ring (bicyclic) bond motifs is 1. The highest BCUT2D eigenvalue weighted by Gasteiger charge is 2.22. The first-order valence-corrected chi connectivity index (χ1v) is 8.85. The Bertz CT molecular complexity index is 963. The fraction of sp³-hybridized carbons (Fsp3) is 0.150. The quantitative estimate of drug-likeness (QED) is 0.246. The molecule has 0 heterocycles. The molecule has 0 spiro atoms. The molecule has 0 aliphatic carbocycles. The van der Waals surface area contributed by atoms with Crippen LogP contribution in [0.5, 0.6) is 0 Å². The van der Waals surface area contributed by atoms with Gasteiger partial charge in [0.25, 0.3) is 5.69 Å². The molecule has 0 aliphatic heterocycles. The molecular weight excluding hydrogens is 368 g/mol. The minimum absolute atomic E-state index is 0.0838. The van der Waals surface area contributed by atoms with Gasteiger partial charge >= 0.3 is 0 Å². The van der Waals surface area contributed by atoms with Gasteiger partial charge < -0.3 is 0 Å². The molecule has 3 aromatic carbocycles. The Labute approximate surface area is 161 Å². The average Bonchev–Trinajstić information content (AvgIpc) is 2.70. The SMILES string of the molecule is O=CN(OCc1ccccc1)c1cc([N+](=O)[O-])c(CCCl)c2ccccc12. The maximum Gasteiger partial charge on any atom is 0.275 e. The van der Waals surface area contributed by atoms with Gasteiger partial charge in [-0.2, -0.15) is 5.06 Å². The summed E-state index contributed by atoms with van der Waals surface area (Å²) in [5, 5.41) is 14.0. The number of aryl methyl sites for hydroxylation is 1. The molecule has 0 N–H and O–H groups in total. The topological polar surface area (TPSA) is 72.7 Å². The van der Waals surface area contributed by atoms with E-state index >= 15 is 0 Å². The van der Waals surface area contributed by atoms with Crippen molar-refractivity contribution in [3.8, 4) is 0 Å². The molecule has 27 heavy (non-hydrogen) atoms. The molecule has 0 saturated carbocycles. The first kappa shape index (κ1) is 18.8. The van der Waals surface area contributed by atoms with E-state index in [9.17, 15) is 14.9 Å². The molecule has 138 valence electrons. The molecule has 0 radical (unpaired) electrons. The smallest absolute Gasteiger partial charge is 0.275 e. The number of anilines is 1. The summed E-state index contributed by atoms with van der Waals surface area (Å²) in [6.45, 7) is 0.158. The van der Waals surface area contributed by atoms with Crippen molar-refractivity contribution >= 4 is 40.2 Å². The fourth-order valence-electron chi connectivity index (χ4n) is 2.98. The monoisotopic (exact) mass is 384 g/mol. The fourth-order valence-corrected chi connectivity index (χ4v) is 3.17. The summed E-state index contributed by atoms with van der Waals surface area (Å²) < 4.78 is 0. The summed E-state index contributed by atoms with van der Waals surface area (Å²) in [4.78, 5) is 28.4. The van der Waals surface area contributed by atoms with Crippen molar-refractivity contribution < 1.29 is 14.6 Å². The van der Waals surface area contributed by atoms with E-state index < -0.39 is 4.92 Å². The first-order valence-electron chi connectivity index (χ1n) is 8.32. The van der Waals surface area contributed by atoms with E-state index in [1.807, 2.05) is 36.4 Å². The van der Waals surface area contributed by atoms with Crippen molar-refractivity contribution in [3.05, 3.63) is 81.9 Å². The van der Waals surface area contributed by atoms with Crippen LogP contribution < -0.4 is 5.06 Å². The molecule has 0 saturated heterocycles. The normalized spacial score (nSPS) is 10.7. The molecule has 0 bridgehead atoms. The van der Waals surface area contributed by atoms with Crippen molar-refractivity contribution in [1.82, 2.24) is 0 Å².